The molecule has 25 heavy (non-hydrogen) atoms. The van der Waals surface area contributed by atoms with Gasteiger partial charge in [0.25, 0.3) is 5.91 Å². The summed E-state index contributed by atoms with van der Waals surface area (Å²) in [6, 6.07) is 11.0. The molecule has 0 aliphatic carbocycles. The Kier molecular flexibility index (Phi) is 4.94. The fourth-order valence-electron chi connectivity index (χ4n) is 2.44. The van der Waals surface area contributed by atoms with Gasteiger partial charge in [-0.1, -0.05) is 12.1 Å². The molecule has 5 N–H and O–H groups in total. The van der Waals surface area contributed by atoms with Crippen LogP contribution in [0, 0.1) is 0 Å². The number of hydrogen-bond acceptors (Lipinski definition) is 3. The molecule has 0 atom stereocenters. The summed E-state index contributed by atoms with van der Waals surface area (Å²) in [5.41, 5.74) is 8.72. The molecule has 3 rings (SSSR count). The second-order valence-electron chi connectivity index (χ2n) is 5.48. The highest BCUT2D eigenvalue weighted by atomic mass is 16.1. The zero-order chi connectivity index (χ0) is 17.6. The van der Waals surface area contributed by atoms with Crippen molar-refractivity contribution in [1.82, 2.24) is 15.3 Å². The van der Waals surface area contributed by atoms with E-state index in [9.17, 15) is 4.79 Å². The van der Waals surface area contributed by atoms with E-state index in [1.807, 2.05) is 25.1 Å². The minimum absolute atomic E-state index is 0.170. The van der Waals surface area contributed by atoms with Crippen LogP contribution in [0.4, 0.5) is 5.69 Å². The van der Waals surface area contributed by atoms with Gasteiger partial charge < -0.3 is 21.4 Å². The maximum atomic E-state index is 12.4. The van der Waals surface area contributed by atoms with Gasteiger partial charge in [-0.05, 0) is 36.8 Å². The summed E-state index contributed by atoms with van der Waals surface area (Å²) in [6.07, 6.45) is 3.45. The number of nitrogens with two attached hydrogens (primary N) is 1. The fourth-order valence-corrected chi connectivity index (χ4v) is 2.44. The Morgan fingerprint density at radius 3 is 2.80 bits per heavy atom. The highest BCUT2D eigenvalue weighted by Gasteiger charge is 2.09. The molecule has 2 aromatic heterocycles. The zero-order valence-corrected chi connectivity index (χ0v) is 13.9. The second kappa shape index (κ2) is 7.48. The van der Waals surface area contributed by atoms with Crippen molar-refractivity contribution in [2.45, 2.75) is 13.5 Å². The lowest BCUT2D eigenvalue weighted by Gasteiger charge is -2.07. The molecule has 7 heteroatoms. The molecule has 0 fully saturated rings. The summed E-state index contributed by atoms with van der Waals surface area (Å²) in [6.45, 7) is 3.16. The summed E-state index contributed by atoms with van der Waals surface area (Å²) in [5, 5.41) is 6.73. The standard InChI is InChI=1S/C18H20N6O/c1-2-20-18(19)23-11-12-3-5-13(6-4-12)17(25)24-15-8-10-22-16-14(15)7-9-21-16/h3-10H,2,11H2,1H3,(H3,19,20,23)(H2,21,22,24,25). The molecule has 1 aromatic carbocycles. The number of aliphatic imine (C=N–C) groups is 1. The summed E-state index contributed by atoms with van der Waals surface area (Å²) in [5.74, 6) is 0.244. The zero-order valence-electron chi connectivity index (χ0n) is 13.9. The number of fused-ring (bicyclic) bond motifs is 1. The Balaban J connectivity index is 1.69. The van der Waals surface area contributed by atoms with Gasteiger partial charge in [-0.25, -0.2) is 9.98 Å². The molecule has 3 aromatic rings. The lowest BCUT2D eigenvalue weighted by molar-refractivity contribution is 0.102. The van der Waals surface area contributed by atoms with Crippen molar-refractivity contribution in [2.75, 3.05) is 11.9 Å². The number of guanidine groups is 1. The number of nitrogens with zero attached hydrogens (tertiary/aromatic N) is 2. The van der Waals surface area contributed by atoms with Crippen LogP contribution in [0.25, 0.3) is 11.0 Å². The van der Waals surface area contributed by atoms with Gasteiger partial charge in [0.2, 0.25) is 0 Å². The van der Waals surface area contributed by atoms with Crippen LogP contribution in [0.5, 0.6) is 0 Å². The number of benzene rings is 1. The van der Waals surface area contributed by atoms with Crippen LogP contribution in [0.2, 0.25) is 0 Å². The molecule has 0 saturated heterocycles. The first kappa shape index (κ1) is 16.5. The quantitative estimate of drug-likeness (QED) is 0.423. The summed E-state index contributed by atoms with van der Waals surface area (Å²) >= 11 is 0. The third kappa shape index (κ3) is 3.95. The minimum Gasteiger partial charge on any atom is -0.370 e. The first-order valence-corrected chi connectivity index (χ1v) is 8.03. The van der Waals surface area contributed by atoms with Crippen LogP contribution >= 0.6 is 0 Å². The van der Waals surface area contributed by atoms with Crippen LogP contribution in [0.3, 0.4) is 0 Å². The highest BCUT2D eigenvalue weighted by Crippen LogP contribution is 2.21. The van der Waals surface area contributed by atoms with Gasteiger partial charge in [0, 0.05) is 29.9 Å². The molecule has 7 nitrogen and oxygen atoms in total. The van der Waals surface area contributed by atoms with Gasteiger partial charge in [0.15, 0.2) is 5.96 Å². The third-order valence-corrected chi connectivity index (χ3v) is 3.71. The van der Waals surface area contributed by atoms with Gasteiger partial charge >= 0.3 is 0 Å². The van der Waals surface area contributed by atoms with E-state index in [-0.39, 0.29) is 5.91 Å². The van der Waals surface area contributed by atoms with Crippen molar-refractivity contribution in [3.05, 3.63) is 59.9 Å². The average molecular weight is 336 g/mol. The number of H-pyrrole nitrogens is 1. The normalized spacial score (nSPS) is 11.5. The predicted octanol–water partition coefficient (Wildman–Crippen LogP) is 2.24. The molecule has 0 bridgehead atoms. The molecule has 0 radical (unpaired) electrons. The van der Waals surface area contributed by atoms with Gasteiger partial charge in [-0.2, -0.15) is 0 Å². The van der Waals surface area contributed by atoms with Gasteiger partial charge in [0.1, 0.15) is 5.65 Å². The van der Waals surface area contributed by atoms with E-state index >= 15 is 0 Å². The third-order valence-electron chi connectivity index (χ3n) is 3.71. The molecule has 0 unspecified atom stereocenters. The molecule has 0 spiro atoms. The smallest absolute Gasteiger partial charge is 0.255 e. The lowest BCUT2D eigenvalue weighted by Crippen LogP contribution is -2.31. The van der Waals surface area contributed by atoms with E-state index in [0.29, 0.717) is 18.1 Å². The molecule has 128 valence electrons. The van der Waals surface area contributed by atoms with Crippen molar-refractivity contribution < 1.29 is 4.79 Å². The van der Waals surface area contributed by atoms with Gasteiger partial charge in [0.05, 0.1) is 12.2 Å². The molecule has 0 saturated carbocycles. The fraction of sp³-hybridized carbons (Fsp3) is 0.167. The predicted molar refractivity (Wildman–Crippen MR) is 99.5 cm³/mol. The minimum atomic E-state index is -0.170. The van der Waals surface area contributed by atoms with Gasteiger partial charge in [-0.3, -0.25) is 4.79 Å². The number of pyridine rings is 1. The average Bonchev–Trinajstić information content (AvgIpc) is 3.10. The number of hydrogen-bond donors (Lipinski definition) is 4. The SMILES string of the molecule is CCNC(N)=NCc1ccc(C(=O)Nc2ccnc3[nH]ccc23)cc1. The Morgan fingerprint density at radius 1 is 1.24 bits per heavy atom. The summed E-state index contributed by atoms with van der Waals surface area (Å²) in [7, 11) is 0. The van der Waals surface area contributed by atoms with Crippen LogP contribution in [0.1, 0.15) is 22.8 Å². The number of aromatic amines is 1. The second-order valence-corrected chi connectivity index (χ2v) is 5.48. The van der Waals surface area contributed by atoms with E-state index in [0.717, 1.165) is 28.8 Å². The highest BCUT2D eigenvalue weighted by molar-refractivity contribution is 6.08. The van der Waals surface area contributed by atoms with Crippen LogP contribution in [-0.4, -0.2) is 28.4 Å². The molecule has 0 aliphatic heterocycles. The van der Waals surface area contributed by atoms with Crippen molar-refractivity contribution >= 4 is 28.6 Å². The van der Waals surface area contributed by atoms with E-state index in [2.05, 4.69) is 25.6 Å². The van der Waals surface area contributed by atoms with Crippen LogP contribution in [-0.2, 0) is 6.54 Å². The number of aromatic nitrogens is 2. The van der Waals surface area contributed by atoms with Crippen molar-refractivity contribution in [2.24, 2.45) is 10.7 Å². The van der Waals surface area contributed by atoms with Crippen LogP contribution in [0.15, 0.2) is 53.8 Å². The topological polar surface area (TPSA) is 108 Å². The Labute approximate surface area is 145 Å². The largest absolute Gasteiger partial charge is 0.370 e. The molecular weight excluding hydrogens is 316 g/mol. The summed E-state index contributed by atoms with van der Waals surface area (Å²) < 4.78 is 0. The Hall–Kier alpha value is -3.35. The number of rotatable bonds is 5. The number of carbonyl (C=O) groups is 1. The van der Waals surface area contributed by atoms with Crippen molar-refractivity contribution in [1.29, 1.82) is 0 Å². The molecular formula is C18H20N6O. The number of nitrogens with one attached hydrogen (secondary N) is 3. The maximum Gasteiger partial charge on any atom is 0.255 e. The van der Waals surface area contributed by atoms with Crippen molar-refractivity contribution in [3.8, 4) is 0 Å². The monoisotopic (exact) mass is 336 g/mol. The number of amides is 1. The van der Waals surface area contributed by atoms with E-state index in [1.54, 1.807) is 30.6 Å². The number of anilines is 1. The van der Waals surface area contributed by atoms with E-state index in [4.69, 9.17) is 5.73 Å². The van der Waals surface area contributed by atoms with E-state index < -0.39 is 0 Å². The summed E-state index contributed by atoms with van der Waals surface area (Å²) in [4.78, 5) is 23.9. The maximum absolute atomic E-state index is 12.4. The molecule has 2 heterocycles. The Morgan fingerprint density at radius 2 is 2.04 bits per heavy atom. The first-order chi connectivity index (χ1) is 12.2. The van der Waals surface area contributed by atoms with Crippen molar-refractivity contribution in [3.63, 3.8) is 0 Å². The van der Waals surface area contributed by atoms with Crippen LogP contribution < -0.4 is 16.4 Å². The molecule has 0 aliphatic rings. The van der Waals surface area contributed by atoms with Gasteiger partial charge in [-0.15, -0.1) is 0 Å². The lowest BCUT2D eigenvalue weighted by atomic mass is 10.1. The van der Waals surface area contributed by atoms with E-state index in [1.165, 1.54) is 0 Å². The number of carbonyl (C=O) groups excluding carboxylic acids is 1. The Bertz CT molecular complexity index is 897. The first-order valence-electron chi connectivity index (χ1n) is 8.03. The molecule has 1 amide bonds.